The zero-order valence-corrected chi connectivity index (χ0v) is 13.3. The van der Waals surface area contributed by atoms with E-state index in [0.29, 0.717) is 16.5 Å². The number of rotatable bonds is 5. The van der Waals surface area contributed by atoms with Crippen LogP contribution in [0.3, 0.4) is 0 Å². The van der Waals surface area contributed by atoms with Crippen LogP contribution in [0.15, 0.2) is 36.4 Å². The van der Waals surface area contributed by atoms with Gasteiger partial charge in [0, 0.05) is 11.1 Å². The van der Waals surface area contributed by atoms with Crippen LogP contribution in [-0.2, 0) is 0 Å². The molecule has 0 fully saturated rings. The Balaban J connectivity index is 2.20. The molecule has 2 aromatic carbocycles. The van der Waals surface area contributed by atoms with Crippen molar-refractivity contribution in [2.24, 2.45) is 0 Å². The van der Waals surface area contributed by atoms with Crippen molar-refractivity contribution in [3.05, 3.63) is 57.8 Å². The number of nitrogens with one attached hydrogen (secondary N) is 1. The van der Waals surface area contributed by atoms with Gasteiger partial charge in [-0.3, -0.25) is 0 Å². The highest BCUT2D eigenvalue weighted by Gasteiger charge is 2.11. The summed E-state index contributed by atoms with van der Waals surface area (Å²) in [5.41, 5.74) is 0.996. The third-order valence-corrected chi connectivity index (χ3v) is 3.69. The number of hydrogen-bond acceptors (Lipinski definition) is 2. The molecule has 112 valence electrons. The molecule has 2 rings (SSSR count). The molecule has 5 heteroatoms. The molecule has 0 heterocycles. The van der Waals surface area contributed by atoms with Gasteiger partial charge < -0.3 is 10.1 Å². The van der Waals surface area contributed by atoms with Crippen molar-refractivity contribution in [2.75, 3.05) is 6.54 Å². The maximum Gasteiger partial charge on any atom is 0.146 e. The predicted molar refractivity (Wildman–Crippen MR) is 85.0 cm³/mol. The molecule has 0 radical (unpaired) electrons. The van der Waals surface area contributed by atoms with E-state index in [1.165, 1.54) is 18.2 Å². The summed E-state index contributed by atoms with van der Waals surface area (Å²) < 4.78 is 18.6. The van der Waals surface area contributed by atoms with Gasteiger partial charge in [-0.2, -0.15) is 0 Å². The zero-order valence-electron chi connectivity index (χ0n) is 11.8. The Bertz CT molecular complexity index is 634. The van der Waals surface area contributed by atoms with Crippen molar-refractivity contribution in [2.45, 2.75) is 19.9 Å². The largest absolute Gasteiger partial charge is 0.456 e. The lowest BCUT2D eigenvalue weighted by atomic mass is 10.1. The van der Waals surface area contributed by atoms with Crippen molar-refractivity contribution in [3.63, 3.8) is 0 Å². The van der Waals surface area contributed by atoms with Gasteiger partial charge in [0.25, 0.3) is 0 Å². The van der Waals surface area contributed by atoms with Gasteiger partial charge in [0.2, 0.25) is 0 Å². The van der Waals surface area contributed by atoms with Crippen molar-refractivity contribution in [1.29, 1.82) is 0 Å². The fourth-order valence-corrected chi connectivity index (χ4v) is 2.56. The Labute approximate surface area is 133 Å². The third kappa shape index (κ3) is 4.10. The average molecular weight is 328 g/mol. The number of hydrogen-bond donors (Lipinski definition) is 1. The molecule has 1 N–H and O–H groups in total. The second kappa shape index (κ2) is 7.12. The highest BCUT2D eigenvalue weighted by Crippen LogP contribution is 2.33. The van der Waals surface area contributed by atoms with E-state index in [-0.39, 0.29) is 11.1 Å². The summed E-state index contributed by atoms with van der Waals surface area (Å²) in [5, 5.41) is 4.13. The first-order chi connectivity index (χ1) is 10.0. The monoisotopic (exact) mass is 327 g/mol. The van der Waals surface area contributed by atoms with Crippen LogP contribution in [0, 0.1) is 5.82 Å². The summed E-state index contributed by atoms with van der Waals surface area (Å²) in [7, 11) is 0. The van der Waals surface area contributed by atoms with Gasteiger partial charge >= 0.3 is 0 Å². The van der Waals surface area contributed by atoms with E-state index in [1.54, 1.807) is 6.07 Å². The first kappa shape index (κ1) is 16.1. The fourth-order valence-electron chi connectivity index (χ4n) is 2.02. The Morgan fingerprint density at radius 2 is 1.90 bits per heavy atom. The molecule has 1 atom stereocenters. The van der Waals surface area contributed by atoms with Crippen LogP contribution in [-0.4, -0.2) is 6.54 Å². The molecule has 21 heavy (non-hydrogen) atoms. The Morgan fingerprint density at radius 3 is 2.52 bits per heavy atom. The smallest absolute Gasteiger partial charge is 0.146 e. The molecule has 2 nitrogen and oxygen atoms in total. The lowest BCUT2D eigenvalue weighted by Gasteiger charge is -2.15. The lowest BCUT2D eigenvalue weighted by Crippen LogP contribution is -2.17. The van der Waals surface area contributed by atoms with Crippen molar-refractivity contribution in [1.82, 2.24) is 5.32 Å². The van der Waals surface area contributed by atoms with Crippen LogP contribution >= 0.6 is 23.2 Å². The van der Waals surface area contributed by atoms with Crippen LogP contribution < -0.4 is 10.1 Å². The average Bonchev–Trinajstić information content (AvgIpc) is 2.42. The number of halogens is 3. The first-order valence-electron chi connectivity index (χ1n) is 6.67. The van der Waals surface area contributed by atoms with Gasteiger partial charge in [-0.25, -0.2) is 4.39 Å². The van der Waals surface area contributed by atoms with Gasteiger partial charge in [-0.15, -0.1) is 0 Å². The quantitative estimate of drug-likeness (QED) is 0.772. The zero-order chi connectivity index (χ0) is 15.4. The van der Waals surface area contributed by atoms with Crippen molar-refractivity contribution in [3.8, 4) is 11.5 Å². The minimum Gasteiger partial charge on any atom is -0.456 e. The lowest BCUT2D eigenvalue weighted by molar-refractivity contribution is 0.480. The topological polar surface area (TPSA) is 21.3 Å². The second-order valence-corrected chi connectivity index (χ2v) is 5.45. The standard InChI is InChI=1S/C16H16Cl2FNO/c1-3-20-10(2)13-6-5-12(9-14(13)17)21-16-7-4-11(19)8-15(16)18/h4-10,20H,3H2,1-2H3. The SMILES string of the molecule is CCNC(C)c1ccc(Oc2ccc(F)cc2Cl)cc1Cl. The van der Waals surface area contributed by atoms with Gasteiger partial charge in [-0.05, 0) is 49.4 Å². The molecule has 0 saturated heterocycles. The van der Waals surface area contributed by atoms with Gasteiger partial charge in [0.05, 0.1) is 5.02 Å². The highest BCUT2D eigenvalue weighted by molar-refractivity contribution is 6.32. The van der Waals surface area contributed by atoms with Crippen LogP contribution in [0.1, 0.15) is 25.5 Å². The molecule has 1 unspecified atom stereocenters. The molecule has 0 saturated carbocycles. The van der Waals surface area contributed by atoms with Crippen LogP contribution in [0.4, 0.5) is 4.39 Å². The molecule has 0 amide bonds. The molecule has 0 bridgehead atoms. The minimum atomic E-state index is -0.403. The van der Waals surface area contributed by atoms with Crippen LogP contribution in [0.5, 0.6) is 11.5 Å². The Hall–Kier alpha value is -1.29. The molecule has 0 aliphatic carbocycles. The summed E-state index contributed by atoms with van der Waals surface area (Å²) >= 11 is 12.2. The van der Waals surface area contributed by atoms with Gasteiger partial charge in [0.1, 0.15) is 17.3 Å². The summed E-state index contributed by atoms with van der Waals surface area (Å²) in [6.45, 7) is 4.95. The van der Waals surface area contributed by atoms with Crippen molar-refractivity contribution >= 4 is 23.2 Å². The van der Waals surface area contributed by atoms with E-state index in [0.717, 1.165) is 12.1 Å². The summed E-state index contributed by atoms with van der Waals surface area (Å²) in [6.07, 6.45) is 0. The van der Waals surface area contributed by atoms with E-state index in [4.69, 9.17) is 27.9 Å². The molecule has 0 aliphatic heterocycles. The van der Waals surface area contributed by atoms with Crippen LogP contribution in [0.2, 0.25) is 10.0 Å². The summed E-state index contributed by atoms with van der Waals surface area (Å²) in [5.74, 6) is 0.544. The third-order valence-electron chi connectivity index (χ3n) is 3.07. The minimum absolute atomic E-state index is 0.158. The van der Waals surface area contributed by atoms with Gasteiger partial charge in [-0.1, -0.05) is 36.2 Å². The van der Waals surface area contributed by atoms with Gasteiger partial charge in [0.15, 0.2) is 0 Å². The Kier molecular flexibility index (Phi) is 5.45. The molecule has 0 aliphatic rings. The molecule has 0 aromatic heterocycles. The molecular formula is C16H16Cl2FNO. The maximum absolute atomic E-state index is 13.0. The van der Waals surface area contributed by atoms with Crippen molar-refractivity contribution < 1.29 is 9.13 Å². The maximum atomic E-state index is 13.0. The van der Waals surface area contributed by atoms with E-state index < -0.39 is 5.82 Å². The number of ether oxygens (including phenoxy) is 1. The van der Waals surface area contributed by atoms with E-state index in [9.17, 15) is 4.39 Å². The predicted octanol–water partition coefficient (Wildman–Crippen LogP) is 5.60. The van der Waals surface area contributed by atoms with E-state index in [1.807, 2.05) is 26.0 Å². The second-order valence-electron chi connectivity index (χ2n) is 4.64. The fraction of sp³-hybridized carbons (Fsp3) is 0.250. The molecule has 0 spiro atoms. The molecular weight excluding hydrogens is 312 g/mol. The van der Waals surface area contributed by atoms with E-state index in [2.05, 4.69) is 5.32 Å². The van der Waals surface area contributed by atoms with E-state index >= 15 is 0 Å². The first-order valence-corrected chi connectivity index (χ1v) is 7.42. The summed E-state index contributed by atoms with van der Waals surface area (Å²) in [4.78, 5) is 0. The summed E-state index contributed by atoms with van der Waals surface area (Å²) in [6, 6.07) is 9.60. The number of benzene rings is 2. The normalized spacial score (nSPS) is 12.2. The Morgan fingerprint density at radius 1 is 1.14 bits per heavy atom. The highest BCUT2D eigenvalue weighted by atomic mass is 35.5. The molecule has 2 aromatic rings. The van der Waals surface area contributed by atoms with Crippen LogP contribution in [0.25, 0.3) is 0 Å².